The van der Waals surface area contributed by atoms with E-state index in [1.54, 1.807) is 0 Å². The lowest BCUT2D eigenvalue weighted by Crippen LogP contribution is -2.55. The summed E-state index contributed by atoms with van der Waals surface area (Å²) in [6.45, 7) is 0.697. The van der Waals surface area contributed by atoms with Crippen molar-refractivity contribution < 1.29 is 14.4 Å². The molecular formula is C12H18N2O3. The predicted octanol–water partition coefficient (Wildman–Crippen LogP) is 0.442. The first-order valence-electron chi connectivity index (χ1n) is 6.33. The Kier molecular flexibility index (Phi) is 3.76. The third-order valence-electron chi connectivity index (χ3n) is 3.53. The van der Waals surface area contributed by atoms with Gasteiger partial charge in [-0.2, -0.15) is 0 Å². The van der Waals surface area contributed by atoms with Gasteiger partial charge in [0.2, 0.25) is 5.91 Å². The molecule has 1 heterocycles. The molecule has 1 N–H and O–H groups in total. The highest BCUT2D eigenvalue weighted by molar-refractivity contribution is 6.38. The van der Waals surface area contributed by atoms with Crippen LogP contribution in [-0.2, 0) is 14.4 Å². The van der Waals surface area contributed by atoms with Crippen molar-refractivity contribution in [3.05, 3.63) is 0 Å². The van der Waals surface area contributed by atoms with Crippen molar-refractivity contribution in [2.24, 2.45) is 5.92 Å². The summed E-state index contributed by atoms with van der Waals surface area (Å²) in [5.74, 6) is -1.55. The van der Waals surface area contributed by atoms with E-state index in [1.807, 2.05) is 0 Å². The van der Waals surface area contributed by atoms with Crippen LogP contribution in [0.25, 0.3) is 0 Å². The van der Waals surface area contributed by atoms with E-state index in [4.69, 9.17) is 0 Å². The number of imide groups is 1. The summed E-state index contributed by atoms with van der Waals surface area (Å²) in [5.41, 5.74) is 0. The Morgan fingerprint density at radius 1 is 1.12 bits per heavy atom. The van der Waals surface area contributed by atoms with Crippen LogP contribution in [-0.4, -0.2) is 35.7 Å². The van der Waals surface area contributed by atoms with Crippen molar-refractivity contribution >= 4 is 17.7 Å². The van der Waals surface area contributed by atoms with Crippen molar-refractivity contribution in [2.45, 2.75) is 38.5 Å². The first-order chi connectivity index (χ1) is 8.20. The maximum Gasteiger partial charge on any atom is 0.318 e. The van der Waals surface area contributed by atoms with Crippen molar-refractivity contribution in [3.8, 4) is 0 Å². The van der Waals surface area contributed by atoms with E-state index in [2.05, 4.69) is 5.32 Å². The molecule has 2 rings (SSSR count). The van der Waals surface area contributed by atoms with E-state index in [0.717, 1.165) is 43.4 Å². The highest BCUT2D eigenvalue weighted by Crippen LogP contribution is 2.24. The molecule has 0 aromatic heterocycles. The Morgan fingerprint density at radius 3 is 2.41 bits per heavy atom. The molecular weight excluding hydrogens is 220 g/mol. The maximum absolute atomic E-state index is 12.2. The Morgan fingerprint density at radius 2 is 1.76 bits per heavy atom. The third-order valence-corrected chi connectivity index (χ3v) is 3.53. The van der Waals surface area contributed by atoms with Crippen LogP contribution in [0.15, 0.2) is 0 Å². The van der Waals surface area contributed by atoms with Crippen LogP contribution in [0.5, 0.6) is 0 Å². The van der Waals surface area contributed by atoms with Gasteiger partial charge in [0.25, 0.3) is 0 Å². The second-order valence-corrected chi connectivity index (χ2v) is 4.74. The number of hydrogen-bond donors (Lipinski definition) is 1. The maximum atomic E-state index is 12.2. The van der Waals surface area contributed by atoms with Gasteiger partial charge in [-0.15, -0.1) is 0 Å². The molecule has 1 aliphatic heterocycles. The van der Waals surface area contributed by atoms with Gasteiger partial charge in [0.1, 0.15) is 0 Å². The first kappa shape index (κ1) is 12.1. The number of rotatable bonds is 1. The summed E-state index contributed by atoms with van der Waals surface area (Å²) in [4.78, 5) is 36.1. The molecule has 2 fully saturated rings. The molecule has 0 atom stereocenters. The van der Waals surface area contributed by atoms with Gasteiger partial charge < -0.3 is 5.32 Å². The van der Waals surface area contributed by atoms with Crippen LogP contribution < -0.4 is 5.32 Å². The average Bonchev–Trinajstić information content (AvgIpc) is 2.60. The molecule has 0 bridgehead atoms. The standard InChI is InChI=1S/C12H18N2O3/c15-10-12(17)14(8-7-13-10)11(16)9-5-3-1-2-4-6-9/h9H,1-8H2,(H,13,15). The number of amides is 3. The van der Waals surface area contributed by atoms with Gasteiger partial charge in [-0.05, 0) is 12.8 Å². The Hall–Kier alpha value is -1.39. The second-order valence-electron chi connectivity index (χ2n) is 4.74. The Labute approximate surface area is 101 Å². The van der Waals surface area contributed by atoms with E-state index in [0.29, 0.717) is 13.1 Å². The molecule has 5 nitrogen and oxygen atoms in total. The zero-order chi connectivity index (χ0) is 12.3. The first-order valence-corrected chi connectivity index (χ1v) is 6.33. The molecule has 0 unspecified atom stereocenters. The fourth-order valence-corrected chi connectivity index (χ4v) is 2.54. The molecule has 0 aromatic carbocycles. The van der Waals surface area contributed by atoms with Crippen molar-refractivity contribution in [2.75, 3.05) is 13.1 Å². The van der Waals surface area contributed by atoms with Crippen LogP contribution in [0.2, 0.25) is 0 Å². The van der Waals surface area contributed by atoms with E-state index < -0.39 is 11.8 Å². The van der Waals surface area contributed by atoms with E-state index >= 15 is 0 Å². The molecule has 1 saturated carbocycles. The summed E-state index contributed by atoms with van der Waals surface area (Å²) < 4.78 is 0. The largest absolute Gasteiger partial charge is 0.346 e. The SMILES string of the molecule is O=C1NCCN(C(=O)C2CCCCCC2)C1=O. The quantitative estimate of drug-likeness (QED) is 0.409. The molecule has 5 heteroatoms. The minimum Gasteiger partial charge on any atom is -0.346 e. The lowest BCUT2D eigenvalue weighted by atomic mass is 9.98. The second kappa shape index (κ2) is 5.29. The van der Waals surface area contributed by atoms with Crippen LogP contribution in [0.1, 0.15) is 38.5 Å². The number of hydrogen-bond acceptors (Lipinski definition) is 3. The topological polar surface area (TPSA) is 66.5 Å². The molecule has 0 aromatic rings. The minimum atomic E-state index is -0.689. The summed E-state index contributed by atoms with van der Waals surface area (Å²) in [6, 6.07) is 0. The number of carbonyl (C=O) groups is 3. The monoisotopic (exact) mass is 238 g/mol. The number of carbonyl (C=O) groups excluding carboxylic acids is 3. The van der Waals surface area contributed by atoms with Gasteiger partial charge in [0.15, 0.2) is 0 Å². The van der Waals surface area contributed by atoms with Crippen molar-refractivity contribution in [3.63, 3.8) is 0 Å². The summed E-state index contributed by atoms with van der Waals surface area (Å²) in [5, 5.41) is 2.45. The number of piperazine rings is 1. The van der Waals surface area contributed by atoms with Gasteiger partial charge in [-0.3, -0.25) is 19.3 Å². The van der Waals surface area contributed by atoms with Crippen LogP contribution in [0.3, 0.4) is 0 Å². The van der Waals surface area contributed by atoms with E-state index in [1.165, 1.54) is 0 Å². The van der Waals surface area contributed by atoms with Crippen LogP contribution in [0, 0.1) is 5.92 Å². The fourth-order valence-electron chi connectivity index (χ4n) is 2.54. The lowest BCUT2D eigenvalue weighted by molar-refractivity contribution is -0.156. The predicted molar refractivity (Wildman–Crippen MR) is 60.9 cm³/mol. The zero-order valence-corrected chi connectivity index (χ0v) is 9.91. The normalized spacial score (nSPS) is 23.2. The van der Waals surface area contributed by atoms with Gasteiger partial charge >= 0.3 is 11.8 Å². The minimum absolute atomic E-state index is 0.0626. The van der Waals surface area contributed by atoms with Gasteiger partial charge in [0.05, 0.1) is 0 Å². The van der Waals surface area contributed by atoms with E-state index in [9.17, 15) is 14.4 Å². The lowest BCUT2D eigenvalue weighted by Gasteiger charge is -2.28. The molecule has 0 radical (unpaired) electrons. The number of nitrogens with zero attached hydrogens (tertiary/aromatic N) is 1. The summed E-state index contributed by atoms with van der Waals surface area (Å²) in [6.07, 6.45) is 6.13. The Bertz CT molecular complexity index is 333. The van der Waals surface area contributed by atoms with Crippen molar-refractivity contribution in [1.82, 2.24) is 10.2 Å². The smallest absolute Gasteiger partial charge is 0.318 e. The number of nitrogens with one attached hydrogen (secondary N) is 1. The highest BCUT2D eigenvalue weighted by Gasteiger charge is 2.34. The van der Waals surface area contributed by atoms with Crippen molar-refractivity contribution in [1.29, 1.82) is 0 Å². The molecule has 1 saturated heterocycles. The van der Waals surface area contributed by atoms with Gasteiger partial charge in [-0.1, -0.05) is 25.7 Å². The molecule has 0 spiro atoms. The molecule has 1 aliphatic carbocycles. The fraction of sp³-hybridized carbons (Fsp3) is 0.750. The molecule has 17 heavy (non-hydrogen) atoms. The third kappa shape index (κ3) is 2.65. The molecule has 94 valence electrons. The zero-order valence-electron chi connectivity index (χ0n) is 9.91. The average molecular weight is 238 g/mol. The van der Waals surface area contributed by atoms with E-state index in [-0.39, 0.29) is 11.8 Å². The highest BCUT2D eigenvalue weighted by atomic mass is 16.2. The molecule has 2 aliphatic rings. The molecule has 3 amide bonds. The summed E-state index contributed by atoms with van der Waals surface area (Å²) >= 11 is 0. The van der Waals surface area contributed by atoms with Crippen LogP contribution in [0.4, 0.5) is 0 Å². The van der Waals surface area contributed by atoms with Gasteiger partial charge in [0, 0.05) is 19.0 Å². The Balaban J connectivity index is 2.02. The van der Waals surface area contributed by atoms with Gasteiger partial charge in [-0.25, -0.2) is 0 Å². The van der Waals surface area contributed by atoms with Crippen LogP contribution >= 0.6 is 0 Å². The summed E-state index contributed by atoms with van der Waals surface area (Å²) in [7, 11) is 0.